The molecule has 3 N–H and O–H groups in total. The Hall–Kier alpha value is -3.79. The van der Waals surface area contributed by atoms with Crippen molar-refractivity contribution in [3.63, 3.8) is 0 Å². The predicted octanol–water partition coefficient (Wildman–Crippen LogP) is 4.72. The summed E-state index contributed by atoms with van der Waals surface area (Å²) in [5.74, 6) is 0.891. The minimum atomic E-state index is -0.210. The summed E-state index contributed by atoms with van der Waals surface area (Å²) in [4.78, 5) is 19.2. The fraction of sp³-hybridized carbons (Fsp3) is 0.320. The van der Waals surface area contributed by atoms with Gasteiger partial charge in [0.1, 0.15) is 5.82 Å². The van der Waals surface area contributed by atoms with Gasteiger partial charge in [-0.15, -0.1) is 0 Å². The van der Waals surface area contributed by atoms with Crippen molar-refractivity contribution in [3.8, 4) is 6.07 Å². The Morgan fingerprint density at radius 2 is 1.72 bits per heavy atom. The summed E-state index contributed by atoms with van der Waals surface area (Å²) in [6, 6.07) is 19.5. The van der Waals surface area contributed by atoms with Gasteiger partial charge in [-0.2, -0.15) is 5.26 Å². The Balaban J connectivity index is 1.31. The quantitative estimate of drug-likeness (QED) is 0.547. The number of fused-ring (bicyclic) bond motifs is 1. The van der Waals surface area contributed by atoms with Crippen LogP contribution in [0.5, 0.6) is 0 Å². The van der Waals surface area contributed by atoms with Gasteiger partial charge in [0.25, 0.3) is 0 Å². The summed E-state index contributed by atoms with van der Waals surface area (Å²) in [7, 11) is 4.09. The summed E-state index contributed by atoms with van der Waals surface area (Å²) < 4.78 is 0. The highest BCUT2D eigenvalue weighted by Gasteiger charge is 2.23. The maximum atomic E-state index is 12.3. The molecular weight excluding hydrogens is 400 g/mol. The van der Waals surface area contributed by atoms with E-state index in [1.807, 2.05) is 32.3 Å². The molecule has 164 valence electrons. The minimum absolute atomic E-state index is 0.147. The number of rotatable bonds is 5. The van der Waals surface area contributed by atoms with Crippen molar-refractivity contribution in [3.05, 3.63) is 60.2 Å². The lowest BCUT2D eigenvalue weighted by Crippen LogP contribution is -2.42. The summed E-state index contributed by atoms with van der Waals surface area (Å²) in [5, 5.41) is 19.5. The molecule has 1 aliphatic rings. The topological polar surface area (TPSA) is 93.1 Å². The number of amides is 2. The molecular formula is C25H28N6O. The van der Waals surface area contributed by atoms with Crippen LogP contribution in [0.1, 0.15) is 31.2 Å². The summed E-state index contributed by atoms with van der Waals surface area (Å²) >= 11 is 0. The van der Waals surface area contributed by atoms with Gasteiger partial charge in [0.2, 0.25) is 0 Å². The van der Waals surface area contributed by atoms with Gasteiger partial charge in [-0.3, -0.25) is 0 Å². The number of nitriles is 1. The first-order chi connectivity index (χ1) is 15.5. The fourth-order valence-electron chi connectivity index (χ4n) is 4.17. The van der Waals surface area contributed by atoms with Crippen LogP contribution in [0.25, 0.3) is 10.9 Å². The molecule has 0 saturated heterocycles. The van der Waals surface area contributed by atoms with Crippen molar-refractivity contribution in [2.75, 3.05) is 29.6 Å². The first-order valence-corrected chi connectivity index (χ1v) is 10.9. The highest BCUT2D eigenvalue weighted by Crippen LogP contribution is 2.29. The van der Waals surface area contributed by atoms with Crippen molar-refractivity contribution in [2.45, 2.75) is 37.8 Å². The number of aromatic nitrogens is 1. The highest BCUT2D eigenvalue weighted by atomic mass is 16.2. The molecule has 1 aromatic heterocycles. The van der Waals surface area contributed by atoms with Crippen LogP contribution >= 0.6 is 0 Å². The lowest BCUT2D eigenvalue weighted by molar-refractivity contribution is 0.243. The van der Waals surface area contributed by atoms with Crippen LogP contribution in [-0.4, -0.2) is 37.2 Å². The molecule has 1 aliphatic carbocycles. The number of anilines is 3. The number of hydrogen-bond donors (Lipinski definition) is 3. The van der Waals surface area contributed by atoms with E-state index < -0.39 is 0 Å². The molecule has 0 atom stereocenters. The third-order valence-electron chi connectivity index (χ3n) is 5.86. The van der Waals surface area contributed by atoms with E-state index in [0.29, 0.717) is 17.3 Å². The largest absolute Gasteiger partial charge is 0.377 e. The maximum Gasteiger partial charge on any atom is 0.319 e. The average molecular weight is 429 g/mol. The van der Waals surface area contributed by atoms with Gasteiger partial charge < -0.3 is 20.9 Å². The Kier molecular flexibility index (Phi) is 6.41. The van der Waals surface area contributed by atoms with Crippen LogP contribution in [0, 0.1) is 11.3 Å². The van der Waals surface area contributed by atoms with E-state index in [2.05, 4.69) is 39.1 Å². The number of para-hydroxylation sites is 1. The second-order valence-corrected chi connectivity index (χ2v) is 8.42. The zero-order valence-electron chi connectivity index (χ0n) is 18.4. The number of urea groups is 1. The molecule has 1 saturated carbocycles. The van der Waals surface area contributed by atoms with Crippen LogP contribution in [0.4, 0.5) is 22.0 Å². The molecule has 0 aliphatic heterocycles. The van der Waals surface area contributed by atoms with E-state index in [1.54, 1.807) is 24.3 Å². The molecule has 0 unspecified atom stereocenters. The van der Waals surface area contributed by atoms with Crippen molar-refractivity contribution in [1.82, 2.24) is 10.3 Å². The number of nitrogens with one attached hydrogen (secondary N) is 3. The van der Waals surface area contributed by atoms with Crippen molar-refractivity contribution in [1.29, 1.82) is 5.26 Å². The van der Waals surface area contributed by atoms with E-state index in [4.69, 9.17) is 10.2 Å². The molecule has 2 amide bonds. The molecule has 0 radical (unpaired) electrons. The van der Waals surface area contributed by atoms with Crippen LogP contribution < -0.4 is 20.9 Å². The van der Waals surface area contributed by atoms with Gasteiger partial charge in [0.15, 0.2) is 0 Å². The van der Waals surface area contributed by atoms with E-state index in [-0.39, 0.29) is 12.1 Å². The Labute approximate surface area is 188 Å². The van der Waals surface area contributed by atoms with Gasteiger partial charge in [-0.05, 0) is 56.0 Å². The lowest BCUT2D eigenvalue weighted by Gasteiger charge is -2.30. The van der Waals surface area contributed by atoms with E-state index in [0.717, 1.165) is 48.1 Å². The molecule has 3 aromatic rings. The molecule has 2 aromatic carbocycles. The Morgan fingerprint density at radius 1 is 1.03 bits per heavy atom. The first-order valence-electron chi connectivity index (χ1n) is 10.9. The van der Waals surface area contributed by atoms with Crippen molar-refractivity contribution >= 4 is 34.1 Å². The van der Waals surface area contributed by atoms with E-state index in [9.17, 15) is 4.79 Å². The van der Waals surface area contributed by atoms with Gasteiger partial charge in [-0.25, -0.2) is 9.78 Å². The van der Waals surface area contributed by atoms with Crippen molar-refractivity contribution in [2.24, 2.45) is 0 Å². The number of benzene rings is 2. The van der Waals surface area contributed by atoms with Gasteiger partial charge in [-0.1, -0.05) is 18.2 Å². The average Bonchev–Trinajstić information content (AvgIpc) is 2.80. The molecule has 1 fully saturated rings. The molecule has 1 heterocycles. The standard InChI is InChI=1S/C25H28N6O/c1-31(2)23-15-24(30-22-6-4-3-5-21(22)23)27-18-11-13-20(14-12-18)29-25(32)28-19-9-7-17(16-26)8-10-19/h3-10,15,18,20H,11-14H2,1-2H3,(H,27,30)(H2,28,29,32)/t18-,20+. The molecule has 0 spiro atoms. The monoisotopic (exact) mass is 428 g/mol. The van der Waals surface area contributed by atoms with Gasteiger partial charge in [0.05, 0.1) is 17.1 Å². The number of carbonyl (C=O) groups is 1. The first kappa shape index (κ1) is 21.4. The maximum absolute atomic E-state index is 12.3. The molecule has 4 rings (SSSR count). The zero-order valence-corrected chi connectivity index (χ0v) is 18.4. The van der Waals surface area contributed by atoms with Crippen LogP contribution in [0.2, 0.25) is 0 Å². The number of hydrogen-bond acceptors (Lipinski definition) is 5. The molecule has 32 heavy (non-hydrogen) atoms. The van der Waals surface area contributed by atoms with Crippen LogP contribution in [-0.2, 0) is 0 Å². The van der Waals surface area contributed by atoms with Crippen LogP contribution in [0.15, 0.2) is 54.6 Å². The zero-order chi connectivity index (χ0) is 22.5. The number of nitrogens with zero attached hydrogens (tertiary/aromatic N) is 3. The molecule has 0 bridgehead atoms. The number of carbonyl (C=O) groups excluding carboxylic acids is 1. The predicted molar refractivity (Wildman–Crippen MR) is 129 cm³/mol. The van der Waals surface area contributed by atoms with E-state index in [1.165, 1.54) is 0 Å². The van der Waals surface area contributed by atoms with Gasteiger partial charge in [0, 0.05) is 49.0 Å². The lowest BCUT2D eigenvalue weighted by atomic mass is 9.91. The third-order valence-corrected chi connectivity index (χ3v) is 5.86. The van der Waals surface area contributed by atoms with E-state index >= 15 is 0 Å². The van der Waals surface area contributed by atoms with Gasteiger partial charge >= 0.3 is 6.03 Å². The second kappa shape index (κ2) is 9.56. The summed E-state index contributed by atoms with van der Waals surface area (Å²) in [5.41, 5.74) is 3.38. The Bertz CT molecular complexity index is 1130. The Morgan fingerprint density at radius 3 is 2.41 bits per heavy atom. The normalized spacial score (nSPS) is 17.9. The number of pyridine rings is 1. The fourth-order valence-corrected chi connectivity index (χ4v) is 4.17. The second-order valence-electron chi connectivity index (χ2n) is 8.42. The highest BCUT2D eigenvalue weighted by molar-refractivity contribution is 5.93. The molecule has 7 nitrogen and oxygen atoms in total. The SMILES string of the molecule is CN(C)c1cc(N[C@H]2CC[C@@H](NC(=O)Nc3ccc(C#N)cc3)CC2)nc2ccccc12. The third kappa shape index (κ3) is 5.09. The van der Waals surface area contributed by atoms with Crippen molar-refractivity contribution < 1.29 is 4.79 Å². The van der Waals surface area contributed by atoms with Crippen LogP contribution in [0.3, 0.4) is 0 Å². The summed E-state index contributed by atoms with van der Waals surface area (Å²) in [6.45, 7) is 0. The minimum Gasteiger partial charge on any atom is -0.377 e. The smallest absolute Gasteiger partial charge is 0.319 e. The summed E-state index contributed by atoms with van der Waals surface area (Å²) in [6.07, 6.45) is 3.75. The molecule has 7 heteroatoms.